The average Bonchev–Trinajstić information content (AvgIpc) is 3.36. The molecule has 10 heteroatoms. The molecule has 2 heterocycles. The molecule has 0 radical (unpaired) electrons. The van der Waals surface area contributed by atoms with Crippen LogP contribution in [0, 0.1) is 5.92 Å². The van der Waals surface area contributed by atoms with Gasteiger partial charge < -0.3 is 19.5 Å². The Bertz CT molecular complexity index is 1340. The Morgan fingerprint density at radius 3 is 2.42 bits per heavy atom. The Kier molecular flexibility index (Phi) is 8.16. The predicted molar refractivity (Wildman–Crippen MR) is 142 cm³/mol. The zero-order chi connectivity index (χ0) is 27.4. The van der Waals surface area contributed by atoms with Crippen molar-refractivity contribution in [3.8, 4) is 11.3 Å². The van der Waals surface area contributed by atoms with Gasteiger partial charge in [-0.25, -0.2) is 0 Å². The summed E-state index contributed by atoms with van der Waals surface area (Å²) in [7, 11) is 0. The fourth-order valence-electron chi connectivity index (χ4n) is 4.23. The van der Waals surface area contributed by atoms with Crippen LogP contribution in [0.4, 0.5) is 24.5 Å². The molecule has 0 spiro atoms. The maximum Gasteiger partial charge on any atom is 0.416 e. The maximum atomic E-state index is 13.0. The van der Waals surface area contributed by atoms with E-state index < -0.39 is 17.6 Å². The minimum absolute atomic E-state index is 0.0706. The van der Waals surface area contributed by atoms with Crippen LogP contribution < -0.4 is 10.2 Å². The van der Waals surface area contributed by atoms with E-state index in [2.05, 4.69) is 5.32 Å². The molecule has 0 unspecified atom stereocenters. The van der Waals surface area contributed by atoms with Crippen LogP contribution in [0.5, 0.6) is 0 Å². The number of hydrogen-bond donors (Lipinski definition) is 1. The SMILES string of the molecule is CC(C)C(=O)N1CCN(c2c(Cl)cccc2NC(=O)/C=C/c2ccc(-c3cccc(C(F)(F)F)c3)o2)CC1. The number of benzene rings is 2. The Labute approximate surface area is 223 Å². The van der Waals surface area contributed by atoms with Gasteiger partial charge >= 0.3 is 6.18 Å². The summed E-state index contributed by atoms with van der Waals surface area (Å²) in [4.78, 5) is 28.9. The van der Waals surface area contributed by atoms with E-state index in [0.29, 0.717) is 48.3 Å². The van der Waals surface area contributed by atoms with E-state index in [1.807, 2.05) is 23.6 Å². The van der Waals surface area contributed by atoms with Gasteiger partial charge in [0.15, 0.2) is 0 Å². The van der Waals surface area contributed by atoms with Gasteiger partial charge in [0, 0.05) is 43.7 Å². The van der Waals surface area contributed by atoms with Crippen molar-refractivity contribution in [2.45, 2.75) is 20.0 Å². The second kappa shape index (κ2) is 11.3. The van der Waals surface area contributed by atoms with Gasteiger partial charge in [-0.2, -0.15) is 13.2 Å². The van der Waals surface area contributed by atoms with E-state index in [1.54, 1.807) is 30.3 Å². The molecule has 2 amide bonds. The highest BCUT2D eigenvalue weighted by atomic mass is 35.5. The second-order valence-corrected chi connectivity index (χ2v) is 9.61. The van der Waals surface area contributed by atoms with Crippen LogP contribution in [0.15, 0.2) is 65.1 Å². The van der Waals surface area contributed by atoms with Gasteiger partial charge in [-0.05, 0) is 42.5 Å². The average molecular weight is 546 g/mol. The first-order valence-corrected chi connectivity index (χ1v) is 12.5. The lowest BCUT2D eigenvalue weighted by Crippen LogP contribution is -2.50. The Balaban J connectivity index is 1.43. The van der Waals surface area contributed by atoms with E-state index >= 15 is 0 Å². The summed E-state index contributed by atoms with van der Waals surface area (Å²) in [5, 5.41) is 3.31. The summed E-state index contributed by atoms with van der Waals surface area (Å²) >= 11 is 6.49. The van der Waals surface area contributed by atoms with Gasteiger partial charge in [0.05, 0.1) is 22.0 Å². The molecule has 1 aliphatic rings. The molecular weight excluding hydrogens is 519 g/mol. The molecule has 1 aromatic heterocycles. The number of furan rings is 1. The zero-order valence-electron chi connectivity index (χ0n) is 20.9. The van der Waals surface area contributed by atoms with Crippen LogP contribution in [0.2, 0.25) is 5.02 Å². The summed E-state index contributed by atoms with van der Waals surface area (Å²) in [6, 6.07) is 13.2. The number of halogens is 4. The van der Waals surface area contributed by atoms with E-state index in [1.165, 1.54) is 24.3 Å². The molecule has 38 heavy (non-hydrogen) atoms. The minimum Gasteiger partial charge on any atom is -0.457 e. The molecule has 1 saturated heterocycles. The van der Waals surface area contributed by atoms with Crippen LogP contribution in [0.3, 0.4) is 0 Å². The first-order chi connectivity index (χ1) is 18.0. The molecule has 2 aromatic carbocycles. The molecule has 6 nitrogen and oxygen atoms in total. The monoisotopic (exact) mass is 545 g/mol. The third-order valence-corrected chi connectivity index (χ3v) is 6.45. The van der Waals surface area contributed by atoms with Crippen LogP contribution in [-0.4, -0.2) is 42.9 Å². The molecule has 0 aliphatic carbocycles. The van der Waals surface area contributed by atoms with Gasteiger partial charge in [0.1, 0.15) is 11.5 Å². The molecule has 200 valence electrons. The summed E-state index contributed by atoms with van der Waals surface area (Å²) in [6.07, 6.45) is -1.74. The smallest absolute Gasteiger partial charge is 0.416 e. The zero-order valence-corrected chi connectivity index (χ0v) is 21.6. The topological polar surface area (TPSA) is 65.8 Å². The number of hydrogen-bond acceptors (Lipinski definition) is 4. The Hall–Kier alpha value is -3.72. The van der Waals surface area contributed by atoms with Crippen LogP contribution in [0.25, 0.3) is 17.4 Å². The molecule has 0 atom stereocenters. The lowest BCUT2D eigenvalue weighted by atomic mass is 10.1. The summed E-state index contributed by atoms with van der Waals surface area (Å²) < 4.78 is 44.7. The fraction of sp³-hybridized carbons (Fsp3) is 0.286. The second-order valence-electron chi connectivity index (χ2n) is 9.21. The van der Waals surface area contributed by atoms with Gasteiger partial charge in [0.2, 0.25) is 11.8 Å². The van der Waals surface area contributed by atoms with E-state index in [9.17, 15) is 22.8 Å². The number of amides is 2. The summed E-state index contributed by atoms with van der Waals surface area (Å²) in [5.74, 6) is 0.169. The molecule has 1 N–H and O–H groups in total. The third-order valence-electron chi connectivity index (χ3n) is 6.15. The molecular formula is C28H27ClF3N3O3. The molecule has 1 aliphatic heterocycles. The number of para-hydroxylation sites is 1. The number of anilines is 2. The first-order valence-electron chi connectivity index (χ1n) is 12.1. The number of alkyl halides is 3. The van der Waals surface area contributed by atoms with Gasteiger partial charge in [-0.3, -0.25) is 9.59 Å². The lowest BCUT2D eigenvalue weighted by molar-refractivity contribution is -0.137. The van der Waals surface area contributed by atoms with Crippen molar-refractivity contribution in [2.24, 2.45) is 5.92 Å². The van der Waals surface area contributed by atoms with Crippen molar-refractivity contribution < 1.29 is 27.2 Å². The van der Waals surface area contributed by atoms with Crippen LogP contribution >= 0.6 is 11.6 Å². The normalized spacial score (nSPS) is 14.4. The molecule has 3 aromatic rings. The van der Waals surface area contributed by atoms with Gasteiger partial charge in [-0.15, -0.1) is 0 Å². The predicted octanol–water partition coefficient (Wildman–Crippen LogP) is 6.58. The number of carbonyl (C=O) groups is 2. The van der Waals surface area contributed by atoms with Crippen molar-refractivity contribution in [2.75, 3.05) is 36.4 Å². The van der Waals surface area contributed by atoms with Crippen molar-refractivity contribution in [3.63, 3.8) is 0 Å². The van der Waals surface area contributed by atoms with E-state index in [0.717, 1.165) is 12.1 Å². The summed E-state index contributed by atoms with van der Waals surface area (Å²) in [6.45, 7) is 6.01. The quantitative estimate of drug-likeness (QED) is 0.356. The van der Waals surface area contributed by atoms with Gasteiger partial charge in [-0.1, -0.05) is 43.6 Å². The third kappa shape index (κ3) is 6.39. The highest BCUT2D eigenvalue weighted by Gasteiger charge is 2.30. The van der Waals surface area contributed by atoms with Crippen molar-refractivity contribution in [1.82, 2.24) is 4.90 Å². The molecule has 1 fully saturated rings. The lowest BCUT2D eigenvalue weighted by Gasteiger charge is -2.38. The molecule has 4 rings (SSSR count). The van der Waals surface area contributed by atoms with Crippen LogP contribution in [0.1, 0.15) is 25.2 Å². The number of carbonyl (C=O) groups excluding carboxylic acids is 2. The van der Waals surface area contributed by atoms with E-state index in [4.69, 9.17) is 16.0 Å². The number of rotatable bonds is 6. The fourth-order valence-corrected chi connectivity index (χ4v) is 4.53. The van der Waals surface area contributed by atoms with Gasteiger partial charge in [0.25, 0.3) is 0 Å². The molecule has 0 bridgehead atoms. The maximum absolute atomic E-state index is 13.0. The van der Waals surface area contributed by atoms with Crippen molar-refractivity contribution in [3.05, 3.63) is 77.0 Å². The summed E-state index contributed by atoms with van der Waals surface area (Å²) in [5.41, 5.74) is 0.716. The standard InChI is InChI=1S/C28H27ClF3N3O3/c1-18(2)27(37)35-15-13-34(14-16-35)26-22(29)7-4-8-23(26)33-25(36)12-10-21-9-11-24(38-21)19-5-3-6-20(17-19)28(30,31)32/h3-12,17-18H,13-16H2,1-2H3,(H,33,36)/b12-10+. The van der Waals surface area contributed by atoms with Crippen LogP contribution in [-0.2, 0) is 15.8 Å². The van der Waals surface area contributed by atoms with Crippen molar-refractivity contribution >= 4 is 40.9 Å². The highest BCUT2D eigenvalue weighted by Crippen LogP contribution is 2.35. The molecule has 0 saturated carbocycles. The van der Waals surface area contributed by atoms with E-state index in [-0.39, 0.29) is 23.1 Å². The number of nitrogens with one attached hydrogen (secondary N) is 1. The Morgan fingerprint density at radius 1 is 1.03 bits per heavy atom. The van der Waals surface area contributed by atoms with Crippen molar-refractivity contribution in [1.29, 1.82) is 0 Å². The largest absolute Gasteiger partial charge is 0.457 e. The Morgan fingerprint density at radius 2 is 1.74 bits per heavy atom. The number of piperazine rings is 1. The number of nitrogens with zero attached hydrogens (tertiary/aromatic N) is 2. The first kappa shape index (κ1) is 27.3. The minimum atomic E-state index is -4.46. The highest BCUT2D eigenvalue weighted by molar-refractivity contribution is 6.34.